The van der Waals surface area contributed by atoms with Crippen molar-refractivity contribution in [1.29, 1.82) is 0 Å². The lowest BCUT2D eigenvalue weighted by Gasteiger charge is -2.32. The normalized spacial score (nSPS) is 15.6. The Bertz CT molecular complexity index is 887. The highest BCUT2D eigenvalue weighted by Gasteiger charge is 2.33. The van der Waals surface area contributed by atoms with E-state index in [-0.39, 0.29) is 23.6 Å². The maximum absolute atomic E-state index is 12.8. The lowest BCUT2D eigenvalue weighted by Crippen LogP contribution is -2.46. The molecule has 154 valence electrons. The van der Waals surface area contributed by atoms with Gasteiger partial charge in [-0.25, -0.2) is 0 Å². The van der Waals surface area contributed by atoms with Gasteiger partial charge in [-0.05, 0) is 43.2 Å². The van der Waals surface area contributed by atoms with Gasteiger partial charge in [0.05, 0.1) is 24.7 Å². The summed E-state index contributed by atoms with van der Waals surface area (Å²) in [5, 5.41) is 2.74. The van der Waals surface area contributed by atoms with Gasteiger partial charge in [-0.1, -0.05) is 25.1 Å². The molecule has 7 heteroatoms. The summed E-state index contributed by atoms with van der Waals surface area (Å²) in [6.45, 7) is 4.80. The van der Waals surface area contributed by atoms with E-state index in [1.807, 2.05) is 56.3 Å². The molecule has 1 aliphatic rings. The molecule has 29 heavy (non-hydrogen) atoms. The monoisotopic (exact) mass is 414 g/mol. The topological polar surface area (TPSA) is 67.9 Å². The van der Waals surface area contributed by atoms with Crippen LogP contribution in [0.1, 0.15) is 25.8 Å². The minimum absolute atomic E-state index is 0.00106. The first kappa shape index (κ1) is 21.0. The van der Waals surface area contributed by atoms with Gasteiger partial charge in [-0.15, -0.1) is 11.8 Å². The van der Waals surface area contributed by atoms with Gasteiger partial charge in [0.15, 0.2) is 11.5 Å². The van der Waals surface area contributed by atoms with Crippen molar-refractivity contribution in [2.24, 2.45) is 0 Å². The molecule has 0 aliphatic carbocycles. The van der Waals surface area contributed by atoms with Gasteiger partial charge in [0.1, 0.15) is 6.54 Å². The molecule has 1 heterocycles. The van der Waals surface area contributed by atoms with Crippen LogP contribution in [-0.2, 0) is 16.1 Å². The molecule has 6 nitrogen and oxygen atoms in total. The average Bonchev–Trinajstić information content (AvgIpc) is 2.74. The molecule has 2 aromatic rings. The predicted molar refractivity (Wildman–Crippen MR) is 115 cm³/mol. The number of amides is 2. The van der Waals surface area contributed by atoms with Gasteiger partial charge in [0, 0.05) is 11.4 Å². The zero-order valence-corrected chi connectivity index (χ0v) is 17.8. The Labute approximate surface area is 175 Å². The first-order chi connectivity index (χ1) is 14.1. The van der Waals surface area contributed by atoms with E-state index in [1.54, 1.807) is 23.8 Å². The fourth-order valence-corrected chi connectivity index (χ4v) is 4.35. The van der Waals surface area contributed by atoms with E-state index in [9.17, 15) is 9.59 Å². The van der Waals surface area contributed by atoms with Crippen molar-refractivity contribution in [2.45, 2.75) is 37.0 Å². The third-order valence-corrected chi connectivity index (χ3v) is 6.08. The summed E-state index contributed by atoms with van der Waals surface area (Å²) in [4.78, 5) is 28.0. The number of carbonyl (C=O) groups is 2. The molecule has 3 rings (SSSR count). The summed E-state index contributed by atoms with van der Waals surface area (Å²) in [7, 11) is 1.59. The number of nitrogens with one attached hydrogen (secondary N) is 1. The molecule has 0 bridgehead atoms. The molecule has 0 unspecified atom stereocenters. The Morgan fingerprint density at radius 3 is 2.69 bits per heavy atom. The Hall–Kier alpha value is -2.67. The Morgan fingerprint density at radius 1 is 1.17 bits per heavy atom. The van der Waals surface area contributed by atoms with Gasteiger partial charge in [0.25, 0.3) is 0 Å². The molecule has 0 spiro atoms. The van der Waals surface area contributed by atoms with Crippen molar-refractivity contribution in [2.75, 3.05) is 25.2 Å². The number of ether oxygens (including phenoxy) is 2. The Kier molecular flexibility index (Phi) is 7.04. The van der Waals surface area contributed by atoms with Gasteiger partial charge >= 0.3 is 0 Å². The van der Waals surface area contributed by atoms with Crippen LogP contribution >= 0.6 is 11.8 Å². The second-order valence-electron chi connectivity index (χ2n) is 6.60. The largest absolute Gasteiger partial charge is 0.493 e. The highest BCUT2D eigenvalue weighted by molar-refractivity contribution is 8.01. The first-order valence-electron chi connectivity index (χ1n) is 9.70. The van der Waals surface area contributed by atoms with Gasteiger partial charge in [-0.3, -0.25) is 9.59 Å². The van der Waals surface area contributed by atoms with Crippen molar-refractivity contribution < 1.29 is 19.1 Å². The number of thioether (sulfide) groups is 1. The maximum Gasteiger partial charge on any atom is 0.240 e. The summed E-state index contributed by atoms with van der Waals surface area (Å²) in [6, 6.07) is 13.3. The van der Waals surface area contributed by atoms with Crippen LogP contribution in [0.3, 0.4) is 0 Å². The molecular formula is C22H26N2O4S. The molecule has 0 saturated carbocycles. The number of para-hydroxylation sites is 1. The van der Waals surface area contributed by atoms with E-state index < -0.39 is 0 Å². The highest BCUT2D eigenvalue weighted by Crippen LogP contribution is 2.39. The number of hydrogen-bond acceptors (Lipinski definition) is 5. The van der Waals surface area contributed by atoms with E-state index in [0.29, 0.717) is 24.7 Å². The van der Waals surface area contributed by atoms with Crippen molar-refractivity contribution in [3.8, 4) is 11.5 Å². The lowest BCUT2D eigenvalue weighted by molar-refractivity contribution is -0.123. The van der Waals surface area contributed by atoms with Crippen molar-refractivity contribution in [1.82, 2.24) is 5.32 Å². The Balaban J connectivity index is 1.67. The number of rotatable bonds is 8. The van der Waals surface area contributed by atoms with E-state index in [1.165, 1.54) is 0 Å². The van der Waals surface area contributed by atoms with Crippen LogP contribution in [0.15, 0.2) is 47.4 Å². The van der Waals surface area contributed by atoms with Crippen LogP contribution in [-0.4, -0.2) is 37.3 Å². The zero-order chi connectivity index (χ0) is 20.8. The van der Waals surface area contributed by atoms with Crippen LogP contribution in [0.5, 0.6) is 11.5 Å². The van der Waals surface area contributed by atoms with Gasteiger partial charge in [-0.2, -0.15) is 0 Å². The summed E-state index contributed by atoms with van der Waals surface area (Å²) >= 11 is 1.57. The summed E-state index contributed by atoms with van der Waals surface area (Å²) in [5.74, 6) is 1.07. The van der Waals surface area contributed by atoms with Gasteiger partial charge in [0.2, 0.25) is 11.8 Å². The van der Waals surface area contributed by atoms with Crippen molar-refractivity contribution in [3.05, 3.63) is 48.0 Å². The average molecular weight is 415 g/mol. The standard InChI is InChI=1S/C22H26N2O4S/c1-4-19-22(26)24(16-8-6-7-9-20(16)29-19)14-21(25)23-13-15-10-11-17(28-5-2)18(12-15)27-3/h6-12,19H,4-5,13-14H2,1-3H3,(H,23,25)/t19-/m1/s1. The minimum atomic E-state index is -0.206. The van der Waals surface area contributed by atoms with Gasteiger partial charge < -0.3 is 19.7 Å². The van der Waals surface area contributed by atoms with Crippen LogP contribution in [0.2, 0.25) is 0 Å². The molecule has 0 fully saturated rings. The van der Waals surface area contributed by atoms with Crippen LogP contribution in [0.4, 0.5) is 5.69 Å². The second kappa shape index (κ2) is 9.69. The first-order valence-corrected chi connectivity index (χ1v) is 10.6. The zero-order valence-electron chi connectivity index (χ0n) is 16.9. The smallest absolute Gasteiger partial charge is 0.240 e. The van der Waals surface area contributed by atoms with E-state index in [2.05, 4.69) is 5.32 Å². The number of nitrogens with zero attached hydrogens (tertiary/aromatic N) is 1. The molecule has 1 aliphatic heterocycles. The minimum Gasteiger partial charge on any atom is -0.493 e. The van der Waals surface area contributed by atoms with Crippen molar-refractivity contribution in [3.63, 3.8) is 0 Å². The second-order valence-corrected chi connectivity index (χ2v) is 7.85. The molecule has 2 aromatic carbocycles. The molecule has 0 saturated heterocycles. The van der Waals surface area contributed by atoms with E-state index in [0.717, 1.165) is 22.6 Å². The fourth-order valence-electron chi connectivity index (χ4n) is 3.19. The number of anilines is 1. The number of benzene rings is 2. The predicted octanol–water partition coefficient (Wildman–Crippen LogP) is 3.63. The number of methoxy groups -OCH3 is 1. The number of hydrogen-bond donors (Lipinski definition) is 1. The van der Waals surface area contributed by atoms with Crippen molar-refractivity contribution >= 4 is 29.3 Å². The number of carbonyl (C=O) groups excluding carboxylic acids is 2. The SMILES string of the molecule is CCOc1ccc(CNC(=O)CN2C(=O)[C@@H](CC)Sc3ccccc32)cc1OC. The molecule has 2 amide bonds. The van der Waals surface area contributed by atoms with Crippen LogP contribution in [0.25, 0.3) is 0 Å². The lowest BCUT2D eigenvalue weighted by atomic mass is 10.2. The fraction of sp³-hybridized carbons (Fsp3) is 0.364. The van der Waals surface area contributed by atoms with E-state index >= 15 is 0 Å². The third kappa shape index (κ3) is 4.85. The van der Waals surface area contributed by atoms with E-state index in [4.69, 9.17) is 9.47 Å². The molecular weight excluding hydrogens is 388 g/mol. The highest BCUT2D eigenvalue weighted by atomic mass is 32.2. The number of fused-ring (bicyclic) bond motifs is 1. The quantitative estimate of drug-likeness (QED) is 0.715. The maximum atomic E-state index is 12.8. The summed E-state index contributed by atoms with van der Waals surface area (Å²) < 4.78 is 10.9. The Morgan fingerprint density at radius 2 is 1.97 bits per heavy atom. The van der Waals surface area contributed by atoms with Crippen LogP contribution < -0.4 is 19.7 Å². The third-order valence-electron chi connectivity index (χ3n) is 4.66. The summed E-state index contributed by atoms with van der Waals surface area (Å²) in [6.07, 6.45) is 0.724. The molecule has 0 aromatic heterocycles. The molecule has 0 radical (unpaired) electrons. The van der Waals surface area contributed by atoms with Crippen LogP contribution in [0, 0.1) is 0 Å². The summed E-state index contributed by atoms with van der Waals surface area (Å²) in [5.41, 5.74) is 1.69. The molecule has 1 N–H and O–H groups in total. The molecule has 1 atom stereocenters.